The van der Waals surface area contributed by atoms with E-state index in [1.807, 2.05) is 0 Å². The summed E-state index contributed by atoms with van der Waals surface area (Å²) < 4.78 is 27.3. The highest BCUT2D eigenvalue weighted by Crippen LogP contribution is 2.26. The number of carbonyl (C=O) groups is 1. The van der Waals surface area contributed by atoms with Gasteiger partial charge >= 0.3 is 12.0 Å². The van der Waals surface area contributed by atoms with Gasteiger partial charge < -0.3 is 23.7 Å². The number of nitrogens with zero attached hydrogens (tertiary/aromatic N) is 3. The maximum Gasteiger partial charge on any atom is 0.363 e. The smallest absolute Gasteiger partial charge is 0.363 e. The van der Waals surface area contributed by atoms with Crippen molar-refractivity contribution in [3.8, 4) is 28.9 Å². The normalized spacial score (nSPS) is 10.2. The number of rotatable bonds is 7. The van der Waals surface area contributed by atoms with E-state index >= 15 is 0 Å². The first-order valence-electron chi connectivity index (χ1n) is 8.91. The fourth-order valence-corrected chi connectivity index (χ4v) is 2.41. The van der Waals surface area contributed by atoms with E-state index in [9.17, 15) is 4.79 Å². The number of methoxy groups -OCH3 is 2. The number of hydrogen-bond acceptors (Lipinski definition) is 9. The molecular weight excluding hydrogens is 392 g/mol. The zero-order chi connectivity index (χ0) is 21.5. The third-order valence-electron chi connectivity index (χ3n) is 3.85. The molecule has 0 aliphatic heterocycles. The zero-order valence-electron chi connectivity index (χ0n) is 16.6. The maximum absolute atomic E-state index is 12.5. The summed E-state index contributed by atoms with van der Waals surface area (Å²) in [5.74, 6) is 1.15. The van der Waals surface area contributed by atoms with Crippen LogP contribution in [0.1, 0.15) is 17.4 Å². The van der Waals surface area contributed by atoms with Gasteiger partial charge in [-0.05, 0) is 55.5 Å². The highest BCUT2D eigenvalue weighted by molar-refractivity contribution is 5.94. The molecule has 0 saturated heterocycles. The maximum atomic E-state index is 12.5. The molecule has 1 heterocycles. The second-order valence-corrected chi connectivity index (χ2v) is 5.74. The first kappa shape index (κ1) is 20.6. The van der Waals surface area contributed by atoms with E-state index in [1.54, 1.807) is 69.7 Å². The van der Waals surface area contributed by atoms with Crippen molar-refractivity contribution < 1.29 is 28.5 Å². The third kappa shape index (κ3) is 4.66. The lowest BCUT2D eigenvalue weighted by Gasteiger charge is -2.10. The summed E-state index contributed by atoms with van der Waals surface area (Å²) >= 11 is 0. The molecule has 156 valence electrons. The minimum Gasteiger partial charge on any atom is -0.497 e. The molecule has 0 amide bonds. The van der Waals surface area contributed by atoms with Crippen LogP contribution in [0.5, 0.6) is 28.9 Å². The average molecular weight is 412 g/mol. The van der Waals surface area contributed by atoms with Gasteiger partial charge in [0, 0.05) is 0 Å². The van der Waals surface area contributed by atoms with Crippen LogP contribution in [0, 0.1) is 5.41 Å². The van der Waals surface area contributed by atoms with Crippen LogP contribution < -0.4 is 18.9 Å². The van der Waals surface area contributed by atoms with Crippen molar-refractivity contribution in [2.75, 3.05) is 20.8 Å². The van der Waals surface area contributed by atoms with Crippen LogP contribution in [0.2, 0.25) is 0 Å². The van der Waals surface area contributed by atoms with Crippen molar-refractivity contribution in [1.82, 2.24) is 15.0 Å². The lowest BCUT2D eigenvalue weighted by atomic mass is 10.3. The van der Waals surface area contributed by atoms with Gasteiger partial charge in [0.05, 0.1) is 20.8 Å². The Kier molecular flexibility index (Phi) is 6.48. The van der Waals surface area contributed by atoms with Gasteiger partial charge in [-0.25, -0.2) is 10.2 Å². The van der Waals surface area contributed by atoms with Gasteiger partial charge in [-0.15, -0.1) is 0 Å². The molecule has 1 aromatic heterocycles. The highest BCUT2D eigenvalue weighted by Gasteiger charge is 2.27. The number of hydrogen-bond donors (Lipinski definition) is 1. The number of esters is 1. The Hall–Kier alpha value is -4.08. The summed E-state index contributed by atoms with van der Waals surface area (Å²) in [7, 11) is 3.10. The van der Waals surface area contributed by atoms with Crippen molar-refractivity contribution >= 4 is 12.0 Å². The van der Waals surface area contributed by atoms with Crippen LogP contribution in [-0.4, -0.2) is 47.8 Å². The predicted molar refractivity (Wildman–Crippen MR) is 106 cm³/mol. The van der Waals surface area contributed by atoms with Crippen LogP contribution in [0.25, 0.3) is 0 Å². The Morgan fingerprint density at radius 1 is 0.933 bits per heavy atom. The zero-order valence-corrected chi connectivity index (χ0v) is 16.6. The van der Waals surface area contributed by atoms with E-state index in [4.69, 9.17) is 29.1 Å². The van der Waals surface area contributed by atoms with Crippen molar-refractivity contribution in [2.24, 2.45) is 0 Å². The molecule has 0 spiro atoms. The lowest BCUT2D eigenvalue weighted by molar-refractivity contribution is 0.0512. The lowest BCUT2D eigenvalue weighted by Crippen LogP contribution is -2.24. The summed E-state index contributed by atoms with van der Waals surface area (Å²) in [5, 5.41) is 15.9. The Balaban J connectivity index is 1.87. The number of aromatic nitrogens is 3. The van der Waals surface area contributed by atoms with Crippen molar-refractivity contribution in [1.29, 1.82) is 5.41 Å². The molecule has 0 bridgehead atoms. The average Bonchev–Trinajstić information content (AvgIpc) is 3.19. The van der Waals surface area contributed by atoms with Crippen molar-refractivity contribution in [3.63, 3.8) is 0 Å². The first-order chi connectivity index (χ1) is 14.5. The fourth-order valence-electron chi connectivity index (χ4n) is 2.41. The fraction of sp³-hybridized carbons (Fsp3) is 0.200. The van der Waals surface area contributed by atoms with E-state index in [0.29, 0.717) is 23.0 Å². The minimum atomic E-state index is -0.755. The van der Waals surface area contributed by atoms with E-state index in [1.165, 1.54) is 0 Å². The Labute approximate surface area is 172 Å². The standard InChI is InChI=1S/C20H20N4O6/c1-4-28-19(25)17-18(29-15-9-5-13(26-2)6-10-15)22-23-24(17)20(21)30-16-11-7-14(27-3)8-12-16/h5-12,21H,4H2,1-3H3. The predicted octanol–water partition coefficient (Wildman–Crippen LogP) is 3.13. The number of nitrogens with one attached hydrogen (secondary N) is 1. The van der Waals surface area contributed by atoms with Gasteiger partial charge in [0.15, 0.2) is 0 Å². The van der Waals surface area contributed by atoms with Crippen molar-refractivity contribution in [2.45, 2.75) is 6.92 Å². The SMILES string of the molecule is CCOC(=O)c1c(Oc2ccc(OC)cc2)nnn1C(=N)Oc1ccc(OC)cc1. The minimum absolute atomic E-state index is 0.123. The topological polar surface area (TPSA) is 118 Å². The molecule has 0 atom stereocenters. The molecule has 10 nitrogen and oxygen atoms in total. The molecule has 0 aliphatic carbocycles. The van der Waals surface area contributed by atoms with Gasteiger partial charge in [0.25, 0.3) is 5.88 Å². The second-order valence-electron chi connectivity index (χ2n) is 5.74. The molecule has 0 saturated carbocycles. The quantitative estimate of drug-likeness (QED) is 0.357. The number of carbonyl (C=O) groups excluding carboxylic acids is 1. The van der Waals surface area contributed by atoms with E-state index < -0.39 is 12.0 Å². The summed E-state index contributed by atoms with van der Waals surface area (Å²) in [6.07, 6.45) is 0. The largest absolute Gasteiger partial charge is 0.497 e. The Morgan fingerprint density at radius 3 is 2.00 bits per heavy atom. The van der Waals surface area contributed by atoms with Gasteiger partial charge in [0.1, 0.15) is 23.0 Å². The highest BCUT2D eigenvalue weighted by atomic mass is 16.5. The molecular formula is C20H20N4O6. The Bertz CT molecular complexity index is 1010. The van der Waals surface area contributed by atoms with E-state index in [2.05, 4.69) is 10.3 Å². The second kappa shape index (κ2) is 9.41. The van der Waals surface area contributed by atoms with Crippen LogP contribution >= 0.6 is 0 Å². The van der Waals surface area contributed by atoms with Gasteiger partial charge in [0.2, 0.25) is 5.69 Å². The molecule has 3 aromatic rings. The van der Waals surface area contributed by atoms with E-state index in [0.717, 1.165) is 4.68 Å². The summed E-state index contributed by atoms with van der Waals surface area (Å²) in [6, 6.07) is 12.8. The molecule has 0 unspecified atom stereocenters. The first-order valence-corrected chi connectivity index (χ1v) is 8.91. The van der Waals surface area contributed by atoms with E-state index in [-0.39, 0.29) is 18.2 Å². The summed E-state index contributed by atoms with van der Waals surface area (Å²) in [4.78, 5) is 12.5. The molecule has 3 rings (SSSR count). The van der Waals surface area contributed by atoms with Crippen molar-refractivity contribution in [3.05, 3.63) is 54.2 Å². The molecule has 0 fully saturated rings. The summed E-state index contributed by atoms with van der Waals surface area (Å²) in [6.45, 7) is 1.79. The van der Waals surface area contributed by atoms with Crippen LogP contribution in [0.4, 0.5) is 0 Å². The van der Waals surface area contributed by atoms with Crippen LogP contribution in [-0.2, 0) is 4.74 Å². The molecule has 2 aromatic carbocycles. The molecule has 10 heteroatoms. The third-order valence-corrected chi connectivity index (χ3v) is 3.85. The molecule has 1 N–H and O–H groups in total. The van der Waals surface area contributed by atoms with Crippen LogP contribution in [0.15, 0.2) is 48.5 Å². The molecule has 30 heavy (non-hydrogen) atoms. The van der Waals surface area contributed by atoms with Gasteiger partial charge in [-0.1, -0.05) is 10.3 Å². The Morgan fingerprint density at radius 2 is 1.47 bits per heavy atom. The monoisotopic (exact) mass is 412 g/mol. The van der Waals surface area contributed by atoms with Gasteiger partial charge in [-0.2, -0.15) is 4.68 Å². The van der Waals surface area contributed by atoms with Gasteiger partial charge in [-0.3, -0.25) is 0 Å². The number of ether oxygens (including phenoxy) is 5. The molecule has 0 radical (unpaired) electrons. The summed E-state index contributed by atoms with van der Waals surface area (Å²) in [5.41, 5.74) is -0.175. The molecule has 0 aliphatic rings. The number of benzene rings is 2. The van der Waals surface area contributed by atoms with Crippen LogP contribution in [0.3, 0.4) is 0 Å².